The van der Waals surface area contributed by atoms with Gasteiger partial charge in [-0.3, -0.25) is 4.79 Å². The molecule has 1 amide bonds. The van der Waals surface area contributed by atoms with Gasteiger partial charge in [0.05, 0.1) is 6.54 Å². The van der Waals surface area contributed by atoms with Gasteiger partial charge in [0.15, 0.2) is 0 Å². The van der Waals surface area contributed by atoms with Crippen molar-refractivity contribution >= 4 is 5.91 Å². The molecule has 0 radical (unpaired) electrons. The summed E-state index contributed by atoms with van der Waals surface area (Å²) in [6.07, 6.45) is 4.74. The predicted octanol–water partition coefficient (Wildman–Crippen LogP) is 2.65. The average Bonchev–Trinajstić information content (AvgIpc) is 2.52. The van der Waals surface area contributed by atoms with Crippen molar-refractivity contribution < 1.29 is 4.79 Å². The molecule has 1 saturated carbocycles. The number of hydrogen-bond donors (Lipinski definition) is 1. The van der Waals surface area contributed by atoms with Crippen LogP contribution in [0.15, 0.2) is 24.3 Å². The third kappa shape index (κ3) is 4.09. The highest BCUT2D eigenvalue weighted by molar-refractivity contribution is 5.94. The first-order valence-corrected chi connectivity index (χ1v) is 7.68. The minimum Gasteiger partial charge on any atom is -0.339 e. The van der Waals surface area contributed by atoms with Crippen LogP contribution in [0.5, 0.6) is 0 Å². The monoisotopic (exact) mass is 284 g/mol. The first kappa shape index (κ1) is 15.6. The number of nitrogens with two attached hydrogens (primary N) is 1. The van der Waals surface area contributed by atoms with Gasteiger partial charge in [0.1, 0.15) is 0 Å². The lowest BCUT2D eigenvalue weighted by molar-refractivity contribution is 0.0672. The van der Waals surface area contributed by atoms with E-state index in [0.29, 0.717) is 18.5 Å². The summed E-state index contributed by atoms with van der Waals surface area (Å²) in [6.45, 7) is 2.62. The maximum absolute atomic E-state index is 12.5. The molecule has 3 nitrogen and oxygen atoms in total. The number of hydrogen-bond acceptors (Lipinski definition) is 2. The number of benzene rings is 1. The number of rotatable bonds is 2. The highest BCUT2D eigenvalue weighted by Gasteiger charge is 2.25. The SMILES string of the molecule is CC1CCCC(N(C)C(=O)c2ccc(C#CCN)cc2)C1. The van der Waals surface area contributed by atoms with Crippen molar-refractivity contribution in [1.29, 1.82) is 0 Å². The van der Waals surface area contributed by atoms with Crippen LogP contribution in [0.3, 0.4) is 0 Å². The highest BCUT2D eigenvalue weighted by atomic mass is 16.2. The van der Waals surface area contributed by atoms with Gasteiger partial charge in [-0.15, -0.1) is 0 Å². The molecule has 21 heavy (non-hydrogen) atoms. The summed E-state index contributed by atoms with van der Waals surface area (Å²) in [5.74, 6) is 6.60. The molecule has 3 heteroatoms. The molecule has 2 unspecified atom stereocenters. The average molecular weight is 284 g/mol. The van der Waals surface area contributed by atoms with E-state index in [1.165, 1.54) is 12.8 Å². The Morgan fingerprint density at radius 1 is 1.33 bits per heavy atom. The minimum absolute atomic E-state index is 0.104. The van der Waals surface area contributed by atoms with Crippen LogP contribution in [-0.4, -0.2) is 30.4 Å². The van der Waals surface area contributed by atoms with E-state index >= 15 is 0 Å². The second kappa shape index (κ2) is 7.28. The van der Waals surface area contributed by atoms with Crippen LogP contribution in [-0.2, 0) is 0 Å². The lowest BCUT2D eigenvalue weighted by Gasteiger charge is -2.34. The second-order valence-corrected chi connectivity index (χ2v) is 5.92. The number of nitrogens with zero attached hydrogens (tertiary/aromatic N) is 1. The Hall–Kier alpha value is -1.79. The Bertz CT molecular complexity index is 539. The Labute approximate surface area is 127 Å². The van der Waals surface area contributed by atoms with Crippen LogP contribution in [0, 0.1) is 17.8 Å². The summed E-state index contributed by atoms with van der Waals surface area (Å²) in [5.41, 5.74) is 6.98. The molecule has 1 aliphatic carbocycles. The van der Waals surface area contributed by atoms with Crippen LogP contribution in [0.25, 0.3) is 0 Å². The van der Waals surface area contributed by atoms with Gasteiger partial charge >= 0.3 is 0 Å². The number of carbonyl (C=O) groups excluding carboxylic acids is 1. The Kier molecular flexibility index (Phi) is 5.41. The van der Waals surface area contributed by atoms with E-state index in [1.807, 2.05) is 36.2 Å². The zero-order chi connectivity index (χ0) is 15.2. The fourth-order valence-electron chi connectivity index (χ4n) is 2.97. The third-order valence-corrected chi connectivity index (χ3v) is 4.24. The van der Waals surface area contributed by atoms with Gasteiger partial charge in [-0.25, -0.2) is 0 Å². The Balaban J connectivity index is 2.05. The lowest BCUT2D eigenvalue weighted by Crippen LogP contribution is -2.39. The molecular formula is C18H24N2O. The van der Waals surface area contributed by atoms with Crippen LogP contribution in [0.1, 0.15) is 48.5 Å². The van der Waals surface area contributed by atoms with E-state index in [2.05, 4.69) is 18.8 Å². The predicted molar refractivity (Wildman–Crippen MR) is 85.9 cm³/mol. The Morgan fingerprint density at radius 3 is 2.67 bits per heavy atom. The normalized spacial score (nSPS) is 21.3. The highest BCUT2D eigenvalue weighted by Crippen LogP contribution is 2.27. The summed E-state index contributed by atoms with van der Waals surface area (Å²) in [7, 11) is 1.92. The summed E-state index contributed by atoms with van der Waals surface area (Å²) in [4.78, 5) is 14.5. The van der Waals surface area contributed by atoms with Gasteiger partial charge in [0.25, 0.3) is 5.91 Å². The Morgan fingerprint density at radius 2 is 2.05 bits per heavy atom. The molecule has 0 saturated heterocycles. The summed E-state index contributed by atoms with van der Waals surface area (Å²) >= 11 is 0. The smallest absolute Gasteiger partial charge is 0.253 e. The fraction of sp³-hybridized carbons (Fsp3) is 0.500. The van der Waals surface area contributed by atoms with Gasteiger partial charge in [-0.1, -0.05) is 31.6 Å². The molecule has 2 N–H and O–H groups in total. The molecule has 0 bridgehead atoms. The second-order valence-electron chi connectivity index (χ2n) is 5.92. The van der Waals surface area contributed by atoms with Crippen molar-refractivity contribution in [3.63, 3.8) is 0 Å². The summed E-state index contributed by atoms with van der Waals surface area (Å²) in [6, 6.07) is 7.84. The lowest BCUT2D eigenvalue weighted by atomic mass is 9.86. The van der Waals surface area contributed by atoms with E-state index in [9.17, 15) is 4.79 Å². The zero-order valence-corrected chi connectivity index (χ0v) is 12.9. The molecule has 0 heterocycles. The van der Waals surface area contributed by atoms with Gasteiger partial charge < -0.3 is 10.6 Å². The quantitative estimate of drug-likeness (QED) is 0.849. The summed E-state index contributed by atoms with van der Waals surface area (Å²) in [5, 5.41) is 0. The summed E-state index contributed by atoms with van der Waals surface area (Å²) < 4.78 is 0. The van der Waals surface area contributed by atoms with Crippen LogP contribution in [0.2, 0.25) is 0 Å². The molecule has 2 rings (SSSR count). The zero-order valence-electron chi connectivity index (χ0n) is 12.9. The van der Waals surface area contributed by atoms with Gasteiger partial charge in [0.2, 0.25) is 0 Å². The molecule has 0 aromatic heterocycles. The van der Waals surface area contributed by atoms with E-state index in [-0.39, 0.29) is 5.91 Å². The van der Waals surface area contributed by atoms with E-state index in [4.69, 9.17) is 5.73 Å². The van der Waals surface area contributed by atoms with Gasteiger partial charge in [0, 0.05) is 24.2 Å². The van der Waals surface area contributed by atoms with Crippen LogP contribution >= 0.6 is 0 Å². The fourth-order valence-corrected chi connectivity index (χ4v) is 2.97. The van der Waals surface area contributed by atoms with E-state index in [0.717, 1.165) is 24.0 Å². The first-order chi connectivity index (χ1) is 10.1. The van der Waals surface area contributed by atoms with Crippen LogP contribution in [0.4, 0.5) is 0 Å². The van der Waals surface area contributed by atoms with Crippen molar-refractivity contribution in [1.82, 2.24) is 4.90 Å². The van der Waals surface area contributed by atoms with Gasteiger partial charge in [-0.2, -0.15) is 0 Å². The van der Waals surface area contributed by atoms with Crippen molar-refractivity contribution in [2.75, 3.05) is 13.6 Å². The molecule has 0 spiro atoms. The third-order valence-electron chi connectivity index (χ3n) is 4.24. The molecule has 112 valence electrons. The number of amides is 1. The van der Waals surface area contributed by atoms with Crippen molar-refractivity contribution in [2.24, 2.45) is 11.7 Å². The molecule has 2 atom stereocenters. The van der Waals surface area contributed by atoms with Crippen LogP contribution < -0.4 is 5.73 Å². The molecular weight excluding hydrogens is 260 g/mol. The van der Waals surface area contributed by atoms with Crippen molar-refractivity contribution in [3.8, 4) is 11.8 Å². The van der Waals surface area contributed by atoms with E-state index in [1.54, 1.807) is 0 Å². The topological polar surface area (TPSA) is 46.3 Å². The van der Waals surface area contributed by atoms with Crippen molar-refractivity contribution in [2.45, 2.75) is 38.6 Å². The van der Waals surface area contributed by atoms with Crippen molar-refractivity contribution in [3.05, 3.63) is 35.4 Å². The molecule has 1 aliphatic rings. The molecule has 0 aliphatic heterocycles. The standard InChI is InChI=1S/C18H24N2O/c1-14-5-3-7-17(13-14)20(2)18(21)16-10-8-15(9-11-16)6-4-12-19/h8-11,14,17H,3,5,7,12-13,19H2,1-2H3. The first-order valence-electron chi connectivity index (χ1n) is 7.68. The van der Waals surface area contributed by atoms with E-state index < -0.39 is 0 Å². The minimum atomic E-state index is 0.104. The molecule has 1 aromatic rings. The largest absolute Gasteiger partial charge is 0.339 e. The van der Waals surface area contributed by atoms with Gasteiger partial charge in [-0.05, 0) is 43.0 Å². The maximum atomic E-state index is 12.5. The molecule has 1 aromatic carbocycles. The number of carbonyl (C=O) groups is 1. The molecule has 1 fully saturated rings. The maximum Gasteiger partial charge on any atom is 0.253 e.